The molecule has 1 saturated carbocycles. The van der Waals surface area contributed by atoms with Crippen LogP contribution >= 0.6 is 39.5 Å². The van der Waals surface area contributed by atoms with Gasteiger partial charge in [0.25, 0.3) is 5.91 Å². The fourth-order valence-corrected chi connectivity index (χ4v) is 7.00. The number of benzene rings is 2. The molecule has 0 atom stereocenters. The number of rotatable bonds is 2. The second-order valence-electron chi connectivity index (χ2n) is 7.71. The molecule has 2 aromatic carbocycles. The van der Waals surface area contributed by atoms with E-state index in [1.54, 1.807) is 11.8 Å². The normalized spacial score (nSPS) is 23.5. The summed E-state index contributed by atoms with van der Waals surface area (Å²) in [7, 11) is 2.05. The fraction of sp³-hybridized carbons (Fsp3) is 0.304. The lowest BCUT2D eigenvalue weighted by Crippen LogP contribution is -2.40. The van der Waals surface area contributed by atoms with Gasteiger partial charge in [0.15, 0.2) is 5.17 Å². The maximum atomic E-state index is 13.7. The summed E-state index contributed by atoms with van der Waals surface area (Å²) < 4.78 is 0.989. The molecule has 0 spiro atoms. The van der Waals surface area contributed by atoms with Crippen molar-refractivity contribution < 1.29 is 4.79 Å². The zero-order valence-electron chi connectivity index (χ0n) is 16.7. The smallest absolute Gasteiger partial charge is 0.269 e. The van der Waals surface area contributed by atoms with Crippen LogP contribution in [0.3, 0.4) is 0 Å². The highest BCUT2D eigenvalue weighted by atomic mass is 79.9. The average molecular weight is 500 g/mol. The Bertz CT molecular complexity index is 1060. The third-order valence-corrected chi connectivity index (χ3v) is 8.62. The molecule has 2 aromatic rings. The number of hydrogen-bond acceptors (Lipinski definition) is 5. The topological polar surface area (TPSA) is 35.9 Å². The molecule has 0 radical (unpaired) electrons. The number of carbonyl (C=O) groups is 1. The minimum absolute atomic E-state index is 0.0998. The first-order valence-corrected chi connectivity index (χ1v) is 12.6. The Morgan fingerprint density at radius 3 is 2.60 bits per heavy atom. The second-order valence-corrected chi connectivity index (χ2v) is 10.6. The summed E-state index contributed by atoms with van der Waals surface area (Å²) in [5.41, 5.74) is 2.02. The van der Waals surface area contributed by atoms with Gasteiger partial charge in [0.1, 0.15) is 4.91 Å². The van der Waals surface area contributed by atoms with Crippen molar-refractivity contribution in [2.75, 3.05) is 11.9 Å². The van der Waals surface area contributed by atoms with Gasteiger partial charge in [0, 0.05) is 22.5 Å². The Kier molecular flexibility index (Phi) is 5.69. The molecule has 1 aliphatic carbocycles. The number of aliphatic imine (C=N–C) groups is 1. The van der Waals surface area contributed by atoms with Gasteiger partial charge in [0.05, 0.1) is 16.4 Å². The maximum absolute atomic E-state index is 13.7. The zero-order valence-corrected chi connectivity index (χ0v) is 19.9. The molecule has 4 nitrogen and oxygen atoms in total. The molecular formula is C23H22BrN3OS2. The Morgan fingerprint density at radius 1 is 1.03 bits per heavy atom. The van der Waals surface area contributed by atoms with Gasteiger partial charge in [-0.15, -0.1) is 0 Å². The molecule has 30 heavy (non-hydrogen) atoms. The molecule has 0 bridgehead atoms. The Labute approximate surface area is 193 Å². The van der Waals surface area contributed by atoms with Crippen LogP contribution in [-0.4, -0.2) is 29.1 Å². The number of carbonyl (C=O) groups excluding carboxylic acids is 1. The van der Waals surface area contributed by atoms with Gasteiger partial charge in [0.2, 0.25) is 0 Å². The van der Waals surface area contributed by atoms with E-state index in [-0.39, 0.29) is 11.9 Å². The van der Waals surface area contributed by atoms with Crippen molar-refractivity contribution in [2.45, 2.75) is 43.0 Å². The van der Waals surface area contributed by atoms with E-state index in [9.17, 15) is 4.79 Å². The first-order valence-electron chi connectivity index (χ1n) is 10.2. The molecule has 0 N–H and O–H groups in total. The fourth-order valence-electron chi connectivity index (χ4n) is 4.21. The monoisotopic (exact) mass is 499 g/mol. The van der Waals surface area contributed by atoms with E-state index in [1.165, 1.54) is 35.9 Å². The standard InChI is InChI=1S/C23H22BrN3OS2/c1-26-18-12-5-6-13-19(18)29-22(26)20-21(28)27(17-10-3-2-4-11-17)23(30-20)25-16-9-7-8-15(24)14-16/h5-9,12-14,17H,2-4,10-11H2,1H3. The summed E-state index contributed by atoms with van der Waals surface area (Å²) in [5, 5.41) is 1.81. The third kappa shape index (κ3) is 3.72. The van der Waals surface area contributed by atoms with Gasteiger partial charge in [-0.2, -0.15) is 0 Å². The summed E-state index contributed by atoms with van der Waals surface area (Å²) in [4.78, 5) is 24.7. The van der Waals surface area contributed by atoms with E-state index in [1.807, 2.05) is 48.3 Å². The zero-order chi connectivity index (χ0) is 20.7. The van der Waals surface area contributed by atoms with E-state index >= 15 is 0 Å². The molecule has 2 fully saturated rings. The van der Waals surface area contributed by atoms with Gasteiger partial charge in [-0.3, -0.25) is 9.69 Å². The van der Waals surface area contributed by atoms with Crippen LogP contribution in [-0.2, 0) is 4.79 Å². The molecule has 0 aromatic heterocycles. The largest absolute Gasteiger partial charge is 0.337 e. The molecule has 2 aliphatic heterocycles. The summed E-state index contributed by atoms with van der Waals surface area (Å²) in [5.74, 6) is 0.0998. The van der Waals surface area contributed by atoms with Gasteiger partial charge in [-0.1, -0.05) is 65.2 Å². The highest BCUT2D eigenvalue weighted by Gasteiger charge is 2.42. The Hall–Kier alpha value is -1.70. The van der Waals surface area contributed by atoms with E-state index < -0.39 is 0 Å². The molecule has 0 unspecified atom stereocenters. The minimum Gasteiger partial charge on any atom is -0.337 e. The highest BCUT2D eigenvalue weighted by molar-refractivity contribution is 9.10. The quantitative estimate of drug-likeness (QED) is 0.427. The van der Waals surface area contributed by atoms with E-state index in [4.69, 9.17) is 4.99 Å². The first-order chi connectivity index (χ1) is 14.6. The summed E-state index contributed by atoms with van der Waals surface area (Å²) in [6.07, 6.45) is 5.71. The number of amides is 1. The molecule has 7 heteroatoms. The predicted octanol–water partition coefficient (Wildman–Crippen LogP) is 6.76. The van der Waals surface area contributed by atoms with Gasteiger partial charge < -0.3 is 4.90 Å². The Balaban J connectivity index is 1.56. The molecule has 5 rings (SSSR count). The van der Waals surface area contributed by atoms with Crippen LogP contribution in [0.25, 0.3) is 0 Å². The number of anilines is 1. The summed E-state index contributed by atoms with van der Waals surface area (Å²) >= 11 is 6.73. The highest BCUT2D eigenvalue weighted by Crippen LogP contribution is 2.50. The predicted molar refractivity (Wildman–Crippen MR) is 130 cm³/mol. The van der Waals surface area contributed by atoms with Crippen LogP contribution in [0.2, 0.25) is 0 Å². The number of fused-ring (bicyclic) bond motifs is 1. The number of halogens is 1. The lowest BCUT2D eigenvalue weighted by molar-refractivity contribution is -0.124. The molecule has 3 aliphatic rings. The van der Waals surface area contributed by atoms with Crippen LogP contribution in [0.5, 0.6) is 0 Å². The van der Waals surface area contributed by atoms with Gasteiger partial charge in [-0.25, -0.2) is 4.99 Å². The van der Waals surface area contributed by atoms with Crippen LogP contribution in [0.1, 0.15) is 32.1 Å². The first kappa shape index (κ1) is 20.2. The number of para-hydroxylation sites is 1. The van der Waals surface area contributed by atoms with E-state index in [2.05, 4.69) is 33.0 Å². The van der Waals surface area contributed by atoms with Crippen LogP contribution in [0.4, 0.5) is 11.4 Å². The van der Waals surface area contributed by atoms with Crippen molar-refractivity contribution in [3.05, 3.63) is 62.9 Å². The van der Waals surface area contributed by atoms with Crippen LogP contribution in [0.15, 0.2) is 72.8 Å². The van der Waals surface area contributed by atoms with Gasteiger partial charge >= 0.3 is 0 Å². The lowest BCUT2D eigenvalue weighted by atomic mass is 9.94. The van der Waals surface area contributed by atoms with Crippen LogP contribution < -0.4 is 4.90 Å². The molecule has 2 heterocycles. The molecule has 1 amide bonds. The number of nitrogens with zero attached hydrogens (tertiary/aromatic N) is 3. The lowest BCUT2D eigenvalue weighted by Gasteiger charge is -2.30. The SMILES string of the molecule is CN1C(=C2SC(=Nc3cccc(Br)c3)N(C3CCCCC3)C2=O)Sc2ccccc21. The van der Waals surface area contributed by atoms with Gasteiger partial charge in [-0.05, 0) is 54.9 Å². The minimum atomic E-state index is 0.0998. The molecule has 1 saturated heterocycles. The van der Waals surface area contributed by atoms with E-state index in [0.29, 0.717) is 0 Å². The number of hydrogen-bond donors (Lipinski definition) is 0. The van der Waals surface area contributed by atoms with E-state index in [0.717, 1.165) is 43.8 Å². The van der Waals surface area contributed by atoms with Crippen molar-refractivity contribution >= 4 is 61.9 Å². The van der Waals surface area contributed by atoms with Crippen molar-refractivity contribution in [3.63, 3.8) is 0 Å². The summed E-state index contributed by atoms with van der Waals surface area (Å²) in [6, 6.07) is 16.5. The summed E-state index contributed by atoms with van der Waals surface area (Å²) in [6.45, 7) is 0. The third-order valence-electron chi connectivity index (χ3n) is 5.72. The van der Waals surface area contributed by atoms with Crippen LogP contribution in [0, 0.1) is 0 Å². The maximum Gasteiger partial charge on any atom is 0.269 e. The van der Waals surface area contributed by atoms with Crippen molar-refractivity contribution in [1.29, 1.82) is 0 Å². The Morgan fingerprint density at radius 2 is 1.83 bits per heavy atom. The van der Waals surface area contributed by atoms with Crippen molar-refractivity contribution in [1.82, 2.24) is 4.90 Å². The van der Waals surface area contributed by atoms with Crippen molar-refractivity contribution in [2.24, 2.45) is 4.99 Å². The molecular weight excluding hydrogens is 478 g/mol. The van der Waals surface area contributed by atoms with Crippen molar-refractivity contribution in [3.8, 4) is 0 Å². The average Bonchev–Trinajstić information content (AvgIpc) is 3.25. The second kappa shape index (κ2) is 8.44. The number of amidine groups is 1. The number of thioether (sulfide) groups is 2. The molecule has 154 valence electrons.